The molecule has 9 heteroatoms. The number of carbonyl (C=O) groups excluding carboxylic acids is 3. The standard InChI is InChI=1S/C21H27ClN4O4/c1-13(20(30)25-9-2-3-15(27)12-25)26-10-8-21(7-6-18(26)28)23-17-5-4-14(22)11-16(17)19(29)24-21/h4-5,11,13,15,23,27H,2-3,6-10,12H2,1H3,(H,24,29). The Kier molecular flexibility index (Phi) is 5.63. The van der Waals surface area contributed by atoms with Crippen LogP contribution in [0.15, 0.2) is 18.2 Å². The average Bonchev–Trinajstić information content (AvgIpc) is 2.87. The SMILES string of the molecule is CC(C(=O)N1CCCC(O)C1)N1CCC2(CCC1=O)NC(=O)c1cc(Cl)ccc1N2. The molecule has 0 saturated carbocycles. The number of carbonyl (C=O) groups is 3. The second-order valence-electron chi connectivity index (χ2n) is 8.44. The molecule has 1 aromatic rings. The predicted octanol–water partition coefficient (Wildman–Crippen LogP) is 1.58. The van der Waals surface area contributed by atoms with Gasteiger partial charge in [-0.25, -0.2) is 0 Å². The summed E-state index contributed by atoms with van der Waals surface area (Å²) >= 11 is 6.01. The van der Waals surface area contributed by atoms with E-state index in [4.69, 9.17) is 11.6 Å². The highest BCUT2D eigenvalue weighted by Gasteiger charge is 2.42. The van der Waals surface area contributed by atoms with Crippen molar-refractivity contribution in [1.29, 1.82) is 0 Å². The van der Waals surface area contributed by atoms with Crippen LogP contribution >= 0.6 is 11.6 Å². The van der Waals surface area contributed by atoms with E-state index in [1.807, 2.05) is 0 Å². The maximum absolute atomic E-state index is 12.9. The van der Waals surface area contributed by atoms with Crippen molar-refractivity contribution in [2.24, 2.45) is 0 Å². The smallest absolute Gasteiger partial charge is 0.255 e. The molecule has 1 spiro atoms. The molecule has 0 radical (unpaired) electrons. The monoisotopic (exact) mass is 434 g/mol. The quantitative estimate of drug-likeness (QED) is 0.655. The number of β-amino-alcohol motifs (C(OH)–C–C–N with tert-alkyl or cyclic N) is 1. The van der Waals surface area contributed by atoms with Crippen molar-refractivity contribution in [3.63, 3.8) is 0 Å². The van der Waals surface area contributed by atoms with Gasteiger partial charge in [-0.05, 0) is 44.4 Å². The Balaban J connectivity index is 1.48. The lowest BCUT2D eigenvalue weighted by Crippen LogP contribution is -2.58. The van der Waals surface area contributed by atoms with Gasteiger partial charge in [-0.2, -0.15) is 0 Å². The number of aliphatic hydroxyl groups excluding tert-OH is 1. The van der Waals surface area contributed by atoms with Crippen LogP contribution in [0, 0.1) is 0 Å². The fraction of sp³-hybridized carbons (Fsp3) is 0.571. The van der Waals surface area contributed by atoms with E-state index in [0.717, 1.165) is 6.42 Å². The van der Waals surface area contributed by atoms with Gasteiger partial charge in [0.2, 0.25) is 11.8 Å². The first-order valence-electron chi connectivity index (χ1n) is 10.4. The first-order valence-corrected chi connectivity index (χ1v) is 10.8. The number of fused-ring (bicyclic) bond motifs is 1. The number of anilines is 1. The minimum absolute atomic E-state index is 0.108. The molecule has 8 nitrogen and oxygen atoms in total. The summed E-state index contributed by atoms with van der Waals surface area (Å²) in [7, 11) is 0. The molecule has 3 atom stereocenters. The van der Waals surface area contributed by atoms with Gasteiger partial charge in [0.05, 0.1) is 11.7 Å². The minimum Gasteiger partial charge on any atom is -0.391 e. The van der Waals surface area contributed by atoms with Gasteiger partial charge in [0, 0.05) is 43.2 Å². The van der Waals surface area contributed by atoms with Crippen LogP contribution < -0.4 is 10.6 Å². The van der Waals surface area contributed by atoms with Crippen LogP contribution in [-0.4, -0.2) is 70.1 Å². The van der Waals surface area contributed by atoms with Gasteiger partial charge in [0.25, 0.3) is 5.91 Å². The third kappa shape index (κ3) is 3.98. The molecular formula is C21H27ClN4O4. The van der Waals surface area contributed by atoms with Gasteiger partial charge in [-0.1, -0.05) is 11.6 Å². The lowest BCUT2D eigenvalue weighted by Gasteiger charge is -2.40. The molecule has 4 rings (SSSR count). The molecule has 0 bridgehead atoms. The van der Waals surface area contributed by atoms with Crippen LogP contribution in [-0.2, 0) is 9.59 Å². The number of rotatable bonds is 2. The highest BCUT2D eigenvalue weighted by molar-refractivity contribution is 6.31. The Bertz CT molecular complexity index is 879. The van der Waals surface area contributed by atoms with E-state index >= 15 is 0 Å². The van der Waals surface area contributed by atoms with Crippen molar-refractivity contribution in [2.75, 3.05) is 25.0 Å². The minimum atomic E-state index is -0.744. The van der Waals surface area contributed by atoms with Crippen molar-refractivity contribution in [3.05, 3.63) is 28.8 Å². The van der Waals surface area contributed by atoms with Gasteiger partial charge >= 0.3 is 0 Å². The largest absolute Gasteiger partial charge is 0.391 e. The molecule has 3 aliphatic heterocycles. The Morgan fingerprint density at radius 2 is 2.07 bits per heavy atom. The number of benzene rings is 1. The molecule has 3 heterocycles. The number of nitrogens with zero attached hydrogens (tertiary/aromatic N) is 2. The summed E-state index contributed by atoms with van der Waals surface area (Å²) in [5.74, 6) is -0.472. The lowest BCUT2D eigenvalue weighted by atomic mass is 9.95. The van der Waals surface area contributed by atoms with E-state index in [-0.39, 0.29) is 24.1 Å². The van der Waals surface area contributed by atoms with Crippen molar-refractivity contribution < 1.29 is 19.5 Å². The van der Waals surface area contributed by atoms with Crippen molar-refractivity contribution >= 4 is 35.0 Å². The average molecular weight is 435 g/mol. The van der Waals surface area contributed by atoms with Gasteiger partial charge in [-0.15, -0.1) is 0 Å². The molecule has 3 N–H and O–H groups in total. The van der Waals surface area contributed by atoms with E-state index in [9.17, 15) is 19.5 Å². The number of piperidine rings is 1. The van der Waals surface area contributed by atoms with E-state index in [0.29, 0.717) is 55.2 Å². The third-order valence-corrected chi connectivity index (χ3v) is 6.59. The Morgan fingerprint density at radius 1 is 1.27 bits per heavy atom. The molecule has 0 aromatic heterocycles. The van der Waals surface area contributed by atoms with E-state index in [1.165, 1.54) is 0 Å². The summed E-state index contributed by atoms with van der Waals surface area (Å²) in [6.07, 6.45) is 2.08. The van der Waals surface area contributed by atoms with Gasteiger partial charge in [0.1, 0.15) is 11.7 Å². The molecule has 2 saturated heterocycles. The summed E-state index contributed by atoms with van der Waals surface area (Å²) in [6.45, 7) is 3.00. The molecular weight excluding hydrogens is 408 g/mol. The summed E-state index contributed by atoms with van der Waals surface area (Å²) in [5.41, 5.74) is 0.426. The maximum Gasteiger partial charge on any atom is 0.255 e. The maximum atomic E-state index is 12.9. The predicted molar refractivity (Wildman–Crippen MR) is 112 cm³/mol. The summed E-state index contributed by atoms with van der Waals surface area (Å²) in [6, 6.07) is 4.51. The molecule has 3 amide bonds. The number of amides is 3. The molecule has 1 aromatic carbocycles. The number of halogens is 1. The zero-order valence-electron chi connectivity index (χ0n) is 17.0. The second kappa shape index (κ2) is 8.07. The first kappa shape index (κ1) is 20.9. The summed E-state index contributed by atoms with van der Waals surface area (Å²) in [5, 5.41) is 16.8. The van der Waals surface area contributed by atoms with Crippen molar-refractivity contribution in [2.45, 2.75) is 56.8 Å². The van der Waals surface area contributed by atoms with E-state index in [1.54, 1.807) is 34.9 Å². The lowest BCUT2D eigenvalue weighted by molar-refractivity contribution is -0.146. The second-order valence-corrected chi connectivity index (χ2v) is 8.88. The normalized spacial score (nSPS) is 27.8. The van der Waals surface area contributed by atoms with Crippen LogP contribution in [0.2, 0.25) is 5.02 Å². The zero-order valence-corrected chi connectivity index (χ0v) is 17.7. The number of hydrogen-bond acceptors (Lipinski definition) is 5. The fourth-order valence-corrected chi connectivity index (χ4v) is 4.80. The van der Waals surface area contributed by atoms with Crippen LogP contribution in [0.5, 0.6) is 0 Å². The zero-order chi connectivity index (χ0) is 21.5. The van der Waals surface area contributed by atoms with Gasteiger partial charge < -0.3 is 25.5 Å². The molecule has 3 unspecified atom stereocenters. The number of nitrogens with one attached hydrogen (secondary N) is 2. The Morgan fingerprint density at radius 3 is 2.83 bits per heavy atom. The van der Waals surface area contributed by atoms with Crippen molar-refractivity contribution in [1.82, 2.24) is 15.1 Å². The highest BCUT2D eigenvalue weighted by atomic mass is 35.5. The molecule has 2 fully saturated rings. The number of aliphatic hydroxyl groups is 1. The molecule has 30 heavy (non-hydrogen) atoms. The molecule has 162 valence electrons. The van der Waals surface area contributed by atoms with E-state index in [2.05, 4.69) is 10.6 Å². The van der Waals surface area contributed by atoms with Gasteiger partial charge in [-0.3, -0.25) is 14.4 Å². The molecule has 3 aliphatic rings. The summed E-state index contributed by atoms with van der Waals surface area (Å²) < 4.78 is 0. The van der Waals surface area contributed by atoms with E-state index < -0.39 is 17.8 Å². The Labute approximate surface area is 180 Å². The third-order valence-electron chi connectivity index (χ3n) is 6.35. The first-order chi connectivity index (χ1) is 14.3. The van der Waals surface area contributed by atoms with Crippen LogP contribution in [0.25, 0.3) is 0 Å². The van der Waals surface area contributed by atoms with Crippen LogP contribution in [0.4, 0.5) is 5.69 Å². The van der Waals surface area contributed by atoms with Crippen molar-refractivity contribution in [3.8, 4) is 0 Å². The van der Waals surface area contributed by atoms with Crippen LogP contribution in [0.1, 0.15) is 49.4 Å². The summed E-state index contributed by atoms with van der Waals surface area (Å²) in [4.78, 5) is 41.7. The number of hydrogen-bond donors (Lipinski definition) is 3. The molecule has 0 aliphatic carbocycles. The highest BCUT2D eigenvalue weighted by Crippen LogP contribution is 2.33. The van der Waals surface area contributed by atoms with Gasteiger partial charge in [0.15, 0.2) is 0 Å². The Hall–Kier alpha value is -2.32. The number of likely N-dealkylation sites (tertiary alicyclic amines) is 2. The topological polar surface area (TPSA) is 102 Å². The fourth-order valence-electron chi connectivity index (χ4n) is 4.62. The van der Waals surface area contributed by atoms with Crippen LogP contribution in [0.3, 0.4) is 0 Å².